The third kappa shape index (κ3) is 10.7. The van der Waals surface area contributed by atoms with Gasteiger partial charge in [-0.25, -0.2) is 0 Å². The molecule has 1 rings (SSSR count). The molecule has 0 saturated heterocycles. The number of unbranched alkanes of at least 4 members (excludes halogenated alkanes) is 6. The van der Waals surface area contributed by atoms with Crippen molar-refractivity contribution in [2.75, 3.05) is 0 Å². The van der Waals surface area contributed by atoms with E-state index >= 15 is 0 Å². The summed E-state index contributed by atoms with van der Waals surface area (Å²) in [5, 5.41) is 0. The molecule has 0 aromatic rings. The Balaban J connectivity index is 2.95. The Morgan fingerprint density at radius 1 is 0.667 bits per heavy atom. The first-order chi connectivity index (χ1) is 13.2. The van der Waals surface area contributed by atoms with Crippen LogP contribution in [0.1, 0.15) is 98.3 Å². The molecule has 1 unspecified atom stereocenters. The standard InChI is InChI=1S/C10H14BrS.3C4H9.3Sn/c1-2-3-4-5-6-9-7-12-8-10(9)11;3*1-3-4-2;;;/h12H,2-6H2,1H3;3*1,3-4H2,2H3;;;/q+1;;;;;;-1. The Labute approximate surface area is 210 Å². The molecule has 1 aliphatic heterocycles. The average molecular weight is 774 g/mol. The van der Waals surface area contributed by atoms with Gasteiger partial charge in [0.05, 0.1) is 0 Å². The predicted molar refractivity (Wildman–Crippen MR) is 137 cm³/mol. The van der Waals surface area contributed by atoms with Crippen molar-refractivity contribution >= 4 is 86.1 Å². The molecule has 0 aromatic carbocycles. The number of hydrogen-bond acceptors (Lipinski definition) is 0. The molecule has 0 saturated carbocycles. The number of allylic oxidation sites excluding steroid dienone is 2. The normalized spacial score (nSPS) is 18.8. The van der Waals surface area contributed by atoms with E-state index in [1.165, 1.54) is 70.6 Å². The van der Waals surface area contributed by atoms with E-state index < -0.39 is 0 Å². The van der Waals surface area contributed by atoms with Crippen molar-refractivity contribution in [3.8, 4) is 0 Å². The van der Waals surface area contributed by atoms with E-state index in [1.807, 2.05) is 5.57 Å². The molecule has 0 N–H and O–H groups in total. The molecule has 0 nitrogen and oxygen atoms in total. The van der Waals surface area contributed by atoms with Crippen molar-refractivity contribution < 1.29 is 0 Å². The van der Waals surface area contributed by atoms with Crippen LogP contribution in [0.15, 0.2) is 15.9 Å². The average Bonchev–Trinajstić information content (AvgIpc) is 2.91. The van der Waals surface area contributed by atoms with E-state index in [4.69, 9.17) is 0 Å². The second-order valence-electron chi connectivity index (χ2n) is 7.46. The van der Waals surface area contributed by atoms with Gasteiger partial charge >= 0.3 is 214 Å². The van der Waals surface area contributed by atoms with Crippen LogP contribution < -0.4 is 0 Å². The SMILES string of the molecule is CCCCCCC1=[C]([Sn][CH2]CCC)[SH]([Sn][CH2]CCC)[C]([Sn][CH2]CCC)=C1Br. The fraction of sp³-hybridized carbons (Fsp3) is 0.818. The Morgan fingerprint density at radius 2 is 1.22 bits per heavy atom. The van der Waals surface area contributed by atoms with Gasteiger partial charge in [-0.1, -0.05) is 0 Å². The monoisotopic (exact) mass is 776 g/mol. The van der Waals surface area contributed by atoms with E-state index in [9.17, 15) is 0 Å². The number of thiol groups is 1. The molecule has 0 spiro atoms. The third-order valence-electron chi connectivity index (χ3n) is 4.93. The van der Waals surface area contributed by atoms with Gasteiger partial charge in [0.2, 0.25) is 0 Å². The van der Waals surface area contributed by atoms with Crippen LogP contribution in [0, 0.1) is 0 Å². The molecule has 0 aliphatic carbocycles. The van der Waals surface area contributed by atoms with Gasteiger partial charge in [-0.05, 0) is 0 Å². The molecule has 1 heterocycles. The summed E-state index contributed by atoms with van der Waals surface area (Å²) in [6.07, 6.45) is 15.9. The molecule has 1 aliphatic rings. The summed E-state index contributed by atoms with van der Waals surface area (Å²) in [4.78, 5) is 0. The summed E-state index contributed by atoms with van der Waals surface area (Å²) in [6.45, 7) is 9.49. The van der Waals surface area contributed by atoms with Crippen molar-refractivity contribution in [1.82, 2.24) is 0 Å². The van der Waals surface area contributed by atoms with Crippen molar-refractivity contribution in [2.45, 2.75) is 112 Å². The van der Waals surface area contributed by atoms with Crippen LogP contribution in [0.3, 0.4) is 0 Å². The van der Waals surface area contributed by atoms with Crippen LogP contribution in [0.2, 0.25) is 13.3 Å². The number of hydrogen-bond donors (Lipinski definition) is 1. The van der Waals surface area contributed by atoms with Gasteiger partial charge in [-0.3, -0.25) is 0 Å². The van der Waals surface area contributed by atoms with Gasteiger partial charge in [0.15, 0.2) is 0 Å². The zero-order valence-corrected chi connectivity index (χ0v) is 29.3. The van der Waals surface area contributed by atoms with Crippen LogP contribution in [-0.4, -0.2) is 62.0 Å². The van der Waals surface area contributed by atoms with E-state index in [0.717, 1.165) is 0 Å². The first kappa shape index (κ1) is 27.7. The third-order valence-corrected chi connectivity index (χ3v) is 42.4. The Hall–Kier alpha value is 2.71. The van der Waals surface area contributed by atoms with E-state index in [2.05, 4.69) is 49.5 Å². The molecule has 0 aromatic heterocycles. The van der Waals surface area contributed by atoms with Crippen molar-refractivity contribution in [1.29, 1.82) is 0 Å². The second kappa shape index (κ2) is 18.3. The maximum atomic E-state index is 4.23. The van der Waals surface area contributed by atoms with Gasteiger partial charge < -0.3 is 0 Å². The van der Waals surface area contributed by atoms with Crippen LogP contribution in [-0.2, 0) is 0 Å². The number of rotatable bonds is 17. The van der Waals surface area contributed by atoms with Crippen LogP contribution in [0.4, 0.5) is 0 Å². The Kier molecular flexibility index (Phi) is 18.8. The van der Waals surface area contributed by atoms with Gasteiger partial charge in [-0.2, -0.15) is 0 Å². The molecule has 0 amide bonds. The van der Waals surface area contributed by atoms with Crippen molar-refractivity contribution in [3.63, 3.8) is 0 Å². The molecule has 6 radical (unpaired) electrons. The molecular formula is C22H41BrSSn3. The van der Waals surface area contributed by atoms with E-state index in [-0.39, 0.29) is 62.0 Å². The summed E-state index contributed by atoms with van der Waals surface area (Å²) in [6, 6.07) is 0. The fourth-order valence-electron chi connectivity index (χ4n) is 3.18. The van der Waals surface area contributed by atoms with Crippen molar-refractivity contribution in [3.05, 3.63) is 15.9 Å². The molecule has 5 heteroatoms. The quantitative estimate of drug-likeness (QED) is 0.0858. The maximum absolute atomic E-state index is 4.23. The van der Waals surface area contributed by atoms with E-state index in [1.54, 1.807) is 17.8 Å². The van der Waals surface area contributed by atoms with Gasteiger partial charge in [0, 0.05) is 0 Å². The molecule has 0 bridgehead atoms. The number of halogens is 1. The summed E-state index contributed by atoms with van der Waals surface area (Å²) in [5.74, 6) is 0. The Bertz CT molecular complexity index is 462. The second-order valence-corrected chi connectivity index (χ2v) is 28.2. The minimum atomic E-state index is -0.303. The molecule has 27 heavy (non-hydrogen) atoms. The minimum absolute atomic E-state index is 0.198. The van der Waals surface area contributed by atoms with Crippen molar-refractivity contribution in [2.24, 2.45) is 0 Å². The summed E-state index contributed by atoms with van der Waals surface area (Å²) in [5.41, 5.74) is 1.92. The first-order valence-electron chi connectivity index (χ1n) is 11.4. The molecular weight excluding hydrogens is 732 g/mol. The zero-order valence-electron chi connectivity index (χ0n) is 18.2. The van der Waals surface area contributed by atoms with Crippen LogP contribution >= 0.6 is 24.0 Å². The summed E-state index contributed by atoms with van der Waals surface area (Å²) < 4.78 is 10.9. The first-order valence-corrected chi connectivity index (χ1v) is 26.2. The molecule has 154 valence electrons. The summed E-state index contributed by atoms with van der Waals surface area (Å²) in [7, 11) is 0.314. The molecule has 0 fully saturated rings. The topological polar surface area (TPSA) is 0 Å². The molecule has 1 atom stereocenters. The van der Waals surface area contributed by atoms with Gasteiger partial charge in [-0.15, -0.1) is 0 Å². The predicted octanol–water partition coefficient (Wildman–Crippen LogP) is 8.43. The summed E-state index contributed by atoms with van der Waals surface area (Å²) >= 11 is 3.43. The van der Waals surface area contributed by atoms with E-state index in [0.29, 0.717) is 8.08 Å². The van der Waals surface area contributed by atoms with Crippen LogP contribution in [0.25, 0.3) is 0 Å². The van der Waals surface area contributed by atoms with Gasteiger partial charge in [0.1, 0.15) is 0 Å². The van der Waals surface area contributed by atoms with Gasteiger partial charge in [0.25, 0.3) is 0 Å². The fourth-order valence-corrected chi connectivity index (χ4v) is 51.9. The van der Waals surface area contributed by atoms with Crippen LogP contribution in [0.5, 0.6) is 0 Å². The Morgan fingerprint density at radius 3 is 1.81 bits per heavy atom. The zero-order chi connectivity index (χ0) is 19.9.